The van der Waals surface area contributed by atoms with Crippen LogP contribution in [0.1, 0.15) is 33.3 Å². The minimum atomic E-state index is -0.328. The first-order chi connectivity index (χ1) is 14.5. The van der Waals surface area contributed by atoms with Gasteiger partial charge in [0, 0.05) is 6.21 Å². The number of halogens is 1. The van der Waals surface area contributed by atoms with Crippen molar-refractivity contribution in [3.8, 4) is 11.5 Å². The van der Waals surface area contributed by atoms with Crippen LogP contribution in [-0.4, -0.2) is 25.9 Å². The summed E-state index contributed by atoms with van der Waals surface area (Å²) in [6.07, 6.45) is 1.70. The summed E-state index contributed by atoms with van der Waals surface area (Å²) in [5.41, 5.74) is 2.52. The maximum Gasteiger partial charge on any atom is 0.348 e. The Morgan fingerprint density at radius 1 is 1.13 bits per heavy atom. The Morgan fingerprint density at radius 3 is 2.60 bits per heavy atom. The van der Waals surface area contributed by atoms with E-state index in [-0.39, 0.29) is 11.8 Å². The zero-order valence-corrected chi connectivity index (χ0v) is 17.8. The van der Waals surface area contributed by atoms with Crippen molar-refractivity contribution in [1.82, 2.24) is 0 Å². The highest BCUT2D eigenvalue weighted by atomic mass is 32.1. The zero-order valence-electron chi connectivity index (χ0n) is 17.0. The molecule has 5 nitrogen and oxygen atoms in total. The van der Waals surface area contributed by atoms with Gasteiger partial charge in [-0.15, -0.1) is 11.3 Å². The number of methoxy groups -OCH3 is 1. The Hall–Kier alpha value is -3.19. The highest BCUT2D eigenvalue weighted by molar-refractivity contribution is 7.17. The van der Waals surface area contributed by atoms with Crippen molar-refractivity contribution in [2.24, 2.45) is 4.99 Å². The lowest BCUT2D eigenvalue weighted by molar-refractivity contribution is 0.0531. The molecule has 7 heteroatoms. The molecule has 0 aliphatic carbocycles. The number of esters is 1. The molecule has 156 valence electrons. The molecule has 0 spiro atoms. The molecule has 0 bridgehead atoms. The molecule has 0 aliphatic heterocycles. The fourth-order valence-electron chi connectivity index (χ4n) is 2.69. The monoisotopic (exact) mass is 427 g/mol. The third-order valence-corrected chi connectivity index (χ3v) is 5.33. The number of thiophene rings is 1. The minimum Gasteiger partial charge on any atom is -0.493 e. The lowest BCUT2D eigenvalue weighted by Gasteiger charge is -2.11. The van der Waals surface area contributed by atoms with Crippen LogP contribution < -0.4 is 9.47 Å². The van der Waals surface area contributed by atoms with Gasteiger partial charge in [-0.2, -0.15) is 0 Å². The highest BCUT2D eigenvalue weighted by Gasteiger charge is 2.14. The Kier molecular flexibility index (Phi) is 7.19. The maximum absolute atomic E-state index is 13.0. The van der Waals surface area contributed by atoms with Gasteiger partial charge in [-0.1, -0.05) is 12.1 Å². The number of rotatable bonds is 8. The van der Waals surface area contributed by atoms with E-state index in [1.807, 2.05) is 25.1 Å². The third kappa shape index (κ3) is 5.45. The number of aliphatic imine (C=N–C) groups is 1. The van der Waals surface area contributed by atoms with Gasteiger partial charge in [0.2, 0.25) is 0 Å². The van der Waals surface area contributed by atoms with Gasteiger partial charge in [0.25, 0.3) is 0 Å². The number of aryl methyl sites for hydroxylation is 1. The molecule has 1 heterocycles. The molecule has 1 aromatic heterocycles. The van der Waals surface area contributed by atoms with Crippen molar-refractivity contribution < 1.29 is 23.4 Å². The fourth-order valence-corrected chi connectivity index (χ4v) is 3.60. The molecule has 0 fully saturated rings. The van der Waals surface area contributed by atoms with Crippen molar-refractivity contribution in [3.05, 3.63) is 75.9 Å². The predicted molar refractivity (Wildman–Crippen MR) is 116 cm³/mol. The first kappa shape index (κ1) is 21.5. The van der Waals surface area contributed by atoms with Crippen LogP contribution in [0, 0.1) is 12.7 Å². The lowest BCUT2D eigenvalue weighted by atomic mass is 10.2. The number of carbonyl (C=O) groups is 1. The Labute approximate surface area is 178 Å². The molecular weight excluding hydrogens is 405 g/mol. The van der Waals surface area contributed by atoms with Crippen LogP contribution in [0.15, 0.2) is 53.5 Å². The molecular formula is C23H22FNO4S. The van der Waals surface area contributed by atoms with Crippen molar-refractivity contribution in [3.63, 3.8) is 0 Å². The molecule has 0 saturated heterocycles. The maximum atomic E-state index is 13.0. The van der Waals surface area contributed by atoms with E-state index in [9.17, 15) is 9.18 Å². The second-order valence-corrected chi connectivity index (χ2v) is 7.43. The number of ether oxygens (including phenoxy) is 3. The van der Waals surface area contributed by atoms with Crippen LogP contribution in [0.3, 0.4) is 0 Å². The van der Waals surface area contributed by atoms with Crippen LogP contribution in [-0.2, 0) is 11.3 Å². The molecule has 0 amide bonds. The van der Waals surface area contributed by atoms with E-state index in [0.29, 0.717) is 34.6 Å². The minimum absolute atomic E-state index is 0.282. The molecule has 0 unspecified atom stereocenters. The summed E-state index contributed by atoms with van der Waals surface area (Å²) >= 11 is 1.29. The van der Waals surface area contributed by atoms with E-state index in [1.54, 1.807) is 38.4 Å². The van der Waals surface area contributed by atoms with E-state index in [0.717, 1.165) is 16.7 Å². The Bertz CT molecular complexity index is 1040. The summed E-state index contributed by atoms with van der Waals surface area (Å²) in [7, 11) is 1.56. The molecule has 0 aliphatic rings. The van der Waals surface area contributed by atoms with Crippen molar-refractivity contribution in [2.75, 3.05) is 13.7 Å². The molecule has 0 radical (unpaired) electrons. The van der Waals surface area contributed by atoms with Gasteiger partial charge in [-0.3, -0.25) is 0 Å². The van der Waals surface area contributed by atoms with E-state index >= 15 is 0 Å². The lowest BCUT2D eigenvalue weighted by Crippen LogP contribution is -2.03. The fraction of sp³-hybridized carbons (Fsp3) is 0.217. The van der Waals surface area contributed by atoms with Gasteiger partial charge >= 0.3 is 5.97 Å². The molecule has 0 N–H and O–H groups in total. The van der Waals surface area contributed by atoms with E-state index in [4.69, 9.17) is 14.2 Å². The predicted octanol–water partition coefficient (Wildman–Crippen LogP) is 5.71. The van der Waals surface area contributed by atoms with E-state index < -0.39 is 0 Å². The number of carbonyl (C=O) groups excluding carboxylic acids is 1. The van der Waals surface area contributed by atoms with Crippen LogP contribution in [0.5, 0.6) is 11.5 Å². The van der Waals surface area contributed by atoms with Gasteiger partial charge < -0.3 is 14.2 Å². The van der Waals surface area contributed by atoms with Gasteiger partial charge in [0.05, 0.1) is 13.7 Å². The van der Waals surface area contributed by atoms with Crippen molar-refractivity contribution >= 4 is 28.5 Å². The van der Waals surface area contributed by atoms with E-state index in [1.165, 1.54) is 23.5 Å². The molecule has 30 heavy (non-hydrogen) atoms. The first-order valence-electron chi connectivity index (χ1n) is 9.37. The summed E-state index contributed by atoms with van der Waals surface area (Å²) in [5.74, 6) is 0.534. The second-order valence-electron chi connectivity index (χ2n) is 6.40. The van der Waals surface area contributed by atoms with E-state index in [2.05, 4.69) is 4.99 Å². The second kappa shape index (κ2) is 10.0. The van der Waals surface area contributed by atoms with Crippen molar-refractivity contribution in [1.29, 1.82) is 0 Å². The highest BCUT2D eigenvalue weighted by Crippen LogP contribution is 2.31. The summed E-state index contributed by atoms with van der Waals surface area (Å²) in [5, 5.41) is 0.714. The average molecular weight is 427 g/mol. The SMILES string of the molecule is CCOC(=O)c1sc(N=Cc2ccc(OCc3ccc(F)cc3)c(OC)c2)cc1C. The van der Waals surface area contributed by atoms with Gasteiger partial charge in [-0.25, -0.2) is 14.2 Å². The van der Waals surface area contributed by atoms with Crippen LogP contribution in [0.25, 0.3) is 0 Å². The number of benzene rings is 2. The molecule has 3 aromatic rings. The number of nitrogens with zero attached hydrogens (tertiary/aromatic N) is 1. The topological polar surface area (TPSA) is 57.1 Å². The Morgan fingerprint density at radius 2 is 1.90 bits per heavy atom. The van der Waals surface area contributed by atoms with Crippen LogP contribution >= 0.6 is 11.3 Å². The summed E-state index contributed by atoms with van der Waals surface area (Å²) < 4.78 is 29.3. The summed E-state index contributed by atoms with van der Waals surface area (Å²) in [4.78, 5) is 17.0. The van der Waals surface area contributed by atoms with Gasteiger partial charge in [-0.05, 0) is 66.9 Å². The molecule has 2 aromatic carbocycles. The van der Waals surface area contributed by atoms with Crippen LogP contribution in [0.4, 0.5) is 9.39 Å². The zero-order chi connectivity index (χ0) is 21.5. The quantitative estimate of drug-likeness (QED) is 0.341. The molecule has 0 saturated carbocycles. The van der Waals surface area contributed by atoms with Crippen molar-refractivity contribution in [2.45, 2.75) is 20.5 Å². The standard InChI is InChI=1S/C23H22FNO4S/c1-4-28-23(26)22-15(2)11-21(30-22)25-13-17-7-10-19(20(12-17)27-3)29-14-16-5-8-18(24)9-6-16/h5-13H,4,14H2,1-3H3. The number of hydrogen-bond acceptors (Lipinski definition) is 6. The molecule has 3 rings (SSSR count). The largest absolute Gasteiger partial charge is 0.493 e. The van der Waals surface area contributed by atoms with Gasteiger partial charge in [0.15, 0.2) is 11.5 Å². The normalized spacial score (nSPS) is 10.9. The molecule has 0 atom stereocenters. The van der Waals surface area contributed by atoms with Crippen LogP contribution in [0.2, 0.25) is 0 Å². The summed E-state index contributed by atoms with van der Waals surface area (Å²) in [6.45, 7) is 4.28. The Balaban J connectivity index is 1.70. The number of hydrogen-bond donors (Lipinski definition) is 0. The van der Waals surface area contributed by atoms with Gasteiger partial charge in [0.1, 0.15) is 22.3 Å². The smallest absolute Gasteiger partial charge is 0.348 e. The average Bonchev–Trinajstić information content (AvgIpc) is 3.13. The summed E-state index contributed by atoms with van der Waals surface area (Å²) in [6, 6.07) is 13.5. The first-order valence-corrected chi connectivity index (χ1v) is 10.2. The third-order valence-electron chi connectivity index (χ3n) is 4.20.